The molecule has 4 nitrogen and oxygen atoms in total. The van der Waals surface area contributed by atoms with Gasteiger partial charge in [0.15, 0.2) is 0 Å². The van der Waals surface area contributed by atoms with Gasteiger partial charge in [-0.2, -0.15) is 0 Å². The van der Waals surface area contributed by atoms with Gasteiger partial charge in [-0.1, -0.05) is 12.1 Å². The van der Waals surface area contributed by atoms with Crippen LogP contribution in [0.5, 0.6) is 0 Å². The Balaban J connectivity index is 3.16. The fourth-order valence-electron chi connectivity index (χ4n) is 1.03. The van der Waals surface area contributed by atoms with E-state index >= 15 is 0 Å². The smallest absolute Gasteiger partial charge is 0.0965 e. The zero-order valence-corrected chi connectivity index (χ0v) is 8.36. The van der Waals surface area contributed by atoms with Crippen molar-refractivity contribution in [3.8, 4) is 0 Å². The molecule has 0 saturated carbocycles. The van der Waals surface area contributed by atoms with Crippen LogP contribution in [0.15, 0.2) is 34.3 Å². The van der Waals surface area contributed by atoms with E-state index < -0.39 is 0 Å². The van der Waals surface area contributed by atoms with Gasteiger partial charge in [0.05, 0.1) is 23.0 Å². The van der Waals surface area contributed by atoms with Crippen LogP contribution in [0.1, 0.15) is 13.8 Å². The molecule has 1 rings (SSSR count). The van der Waals surface area contributed by atoms with Crippen molar-refractivity contribution in [3.05, 3.63) is 24.3 Å². The summed E-state index contributed by atoms with van der Waals surface area (Å²) < 4.78 is 0. The normalized spacial score (nSPS) is 13.0. The summed E-state index contributed by atoms with van der Waals surface area (Å²) >= 11 is 0. The van der Waals surface area contributed by atoms with Crippen molar-refractivity contribution in [2.24, 2.45) is 21.5 Å². The average molecular weight is 190 g/mol. The largest absolute Gasteiger partial charge is 0.387 e. The monoisotopic (exact) mass is 190 g/mol. The summed E-state index contributed by atoms with van der Waals surface area (Å²) in [7, 11) is 0. The van der Waals surface area contributed by atoms with Gasteiger partial charge in [0, 0.05) is 0 Å². The second-order valence-electron chi connectivity index (χ2n) is 3.00. The molecule has 0 aliphatic carbocycles. The van der Waals surface area contributed by atoms with Crippen molar-refractivity contribution in [2.75, 3.05) is 0 Å². The summed E-state index contributed by atoms with van der Waals surface area (Å²) in [6, 6.07) is 7.45. The minimum atomic E-state index is 0.502. The molecule has 0 saturated heterocycles. The van der Waals surface area contributed by atoms with Gasteiger partial charge < -0.3 is 11.5 Å². The number of nitrogens with zero attached hydrogens (tertiary/aromatic N) is 2. The average Bonchev–Trinajstić information content (AvgIpc) is 2.06. The summed E-state index contributed by atoms with van der Waals surface area (Å²) in [4.78, 5) is 8.29. The number of rotatable bonds is 2. The molecule has 0 radical (unpaired) electrons. The van der Waals surface area contributed by atoms with Crippen LogP contribution in [0.4, 0.5) is 11.4 Å². The van der Waals surface area contributed by atoms with E-state index in [1.807, 2.05) is 24.3 Å². The van der Waals surface area contributed by atoms with Crippen molar-refractivity contribution in [1.82, 2.24) is 0 Å². The number of benzene rings is 1. The lowest BCUT2D eigenvalue weighted by molar-refractivity contribution is 1.39. The third-order valence-corrected chi connectivity index (χ3v) is 1.48. The van der Waals surface area contributed by atoms with Gasteiger partial charge >= 0.3 is 0 Å². The highest BCUT2D eigenvalue weighted by atomic mass is 14.9. The Bertz CT molecular complexity index is 334. The SMILES string of the molecule is CC(N)=Nc1ccccc1N=C(C)N. The Labute approximate surface area is 83.4 Å². The number of hydrogen-bond donors (Lipinski definition) is 2. The zero-order valence-electron chi connectivity index (χ0n) is 8.36. The molecule has 14 heavy (non-hydrogen) atoms. The van der Waals surface area contributed by atoms with Crippen LogP contribution in [0, 0.1) is 0 Å². The molecule has 0 spiro atoms. The maximum Gasteiger partial charge on any atom is 0.0965 e. The molecule has 74 valence electrons. The first-order chi connectivity index (χ1) is 6.59. The molecule has 0 aromatic heterocycles. The van der Waals surface area contributed by atoms with Crippen LogP contribution in [0.3, 0.4) is 0 Å². The number of nitrogens with two attached hydrogens (primary N) is 2. The minimum Gasteiger partial charge on any atom is -0.387 e. The van der Waals surface area contributed by atoms with Crippen LogP contribution in [0.2, 0.25) is 0 Å². The van der Waals surface area contributed by atoms with E-state index in [2.05, 4.69) is 9.98 Å². The highest BCUT2D eigenvalue weighted by Crippen LogP contribution is 2.26. The lowest BCUT2D eigenvalue weighted by atomic mass is 10.3. The lowest BCUT2D eigenvalue weighted by Gasteiger charge is -2.00. The summed E-state index contributed by atoms with van der Waals surface area (Å²) in [6.07, 6.45) is 0. The number of aliphatic imine (C=N–C) groups is 2. The first-order valence-electron chi connectivity index (χ1n) is 4.30. The van der Waals surface area contributed by atoms with Crippen LogP contribution < -0.4 is 11.5 Å². The second kappa shape index (κ2) is 4.41. The Hall–Kier alpha value is -1.84. The topological polar surface area (TPSA) is 76.8 Å². The van der Waals surface area contributed by atoms with E-state index in [-0.39, 0.29) is 0 Å². The van der Waals surface area contributed by atoms with E-state index in [0.29, 0.717) is 11.7 Å². The van der Waals surface area contributed by atoms with Gasteiger partial charge in [-0.05, 0) is 26.0 Å². The van der Waals surface area contributed by atoms with Gasteiger partial charge in [0.1, 0.15) is 0 Å². The molecular formula is C10H14N4. The highest BCUT2D eigenvalue weighted by Gasteiger charge is 1.97. The predicted molar refractivity (Wildman–Crippen MR) is 60.4 cm³/mol. The van der Waals surface area contributed by atoms with Crippen molar-refractivity contribution in [2.45, 2.75) is 13.8 Å². The molecule has 0 bridgehead atoms. The van der Waals surface area contributed by atoms with Gasteiger partial charge in [-0.25, -0.2) is 9.98 Å². The van der Waals surface area contributed by atoms with Crippen molar-refractivity contribution in [3.63, 3.8) is 0 Å². The van der Waals surface area contributed by atoms with Gasteiger partial charge in [0.2, 0.25) is 0 Å². The molecule has 0 unspecified atom stereocenters. The molecule has 0 fully saturated rings. The number of para-hydroxylation sites is 2. The maximum absolute atomic E-state index is 5.49. The quantitative estimate of drug-likeness (QED) is 0.550. The Morgan fingerprint density at radius 1 is 0.929 bits per heavy atom. The van der Waals surface area contributed by atoms with Crippen molar-refractivity contribution < 1.29 is 0 Å². The van der Waals surface area contributed by atoms with E-state index in [0.717, 1.165) is 11.4 Å². The van der Waals surface area contributed by atoms with Crippen molar-refractivity contribution in [1.29, 1.82) is 0 Å². The third kappa shape index (κ3) is 2.90. The molecule has 4 heteroatoms. The fraction of sp³-hybridized carbons (Fsp3) is 0.200. The van der Waals surface area contributed by atoms with Crippen molar-refractivity contribution >= 4 is 23.0 Å². The molecule has 1 aromatic carbocycles. The van der Waals surface area contributed by atoms with Gasteiger partial charge in [0.25, 0.3) is 0 Å². The first kappa shape index (κ1) is 10.2. The van der Waals surface area contributed by atoms with E-state index in [1.54, 1.807) is 13.8 Å². The molecule has 1 aromatic rings. The third-order valence-electron chi connectivity index (χ3n) is 1.48. The van der Waals surface area contributed by atoms with Gasteiger partial charge in [-0.3, -0.25) is 0 Å². The summed E-state index contributed by atoms with van der Waals surface area (Å²) in [5.41, 5.74) is 12.5. The summed E-state index contributed by atoms with van der Waals surface area (Å²) in [5.74, 6) is 1.00. The molecule has 4 N–H and O–H groups in total. The zero-order chi connectivity index (χ0) is 10.6. The Morgan fingerprint density at radius 3 is 1.57 bits per heavy atom. The fourth-order valence-corrected chi connectivity index (χ4v) is 1.03. The Morgan fingerprint density at radius 2 is 1.29 bits per heavy atom. The van der Waals surface area contributed by atoms with E-state index in [1.165, 1.54) is 0 Å². The van der Waals surface area contributed by atoms with E-state index in [4.69, 9.17) is 11.5 Å². The minimum absolute atomic E-state index is 0.502. The molecule has 0 atom stereocenters. The molecule has 0 amide bonds. The highest BCUT2D eigenvalue weighted by molar-refractivity contribution is 5.86. The predicted octanol–water partition coefficient (Wildman–Crippen LogP) is 1.70. The number of amidine groups is 2. The molecule has 0 heterocycles. The first-order valence-corrected chi connectivity index (χ1v) is 4.30. The van der Waals surface area contributed by atoms with Crippen LogP contribution in [-0.2, 0) is 0 Å². The molecule has 0 aliphatic heterocycles. The maximum atomic E-state index is 5.49. The van der Waals surface area contributed by atoms with Crippen LogP contribution >= 0.6 is 0 Å². The summed E-state index contributed by atoms with van der Waals surface area (Å²) in [6.45, 7) is 3.46. The summed E-state index contributed by atoms with van der Waals surface area (Å²) in [5, 5.41) is 0. The molecule has 0 aliphatic rings. The van der Waals surface area contributed by atoms with Gasteiger partial charge in [-0.15, -0.1) is 0 Å². The Kier molecular flexibility index (Phi) is 3.23. The second-order valence-corrected chi connectivity index (χ2v) is 3.00. The lowest BCUT2D eigenvalue weighted by Crippen LogP contribution is -2.05. The standard InChI is InChI=1S/C10H14N4/c1-7(11)13-9-5-3-4-6-10(9)14-8(2)12/h3-6H,1-2H3,(H2,11,13)(H2,12,14). The number of hydrogen-bond acceptors (Lipinski definition) is 2. The van der Waals surface area contributed by atoms with Crippen LogP contribution in [0.25, 0.3) is 0 Å². The van der Waals surface area contributed by atoms with Crippen LogP contribution in [-0.4, -0.2) is 11.7 Å². The van der Waals surface area contributed by atoms with E-state index in [9.17, 15) is 0 Å². The molecular weight excluding hydrogens is 176 g/mol.